The maximum atomic E-state index is 12.5. The van der Waals surface area contributed by atoms with Crippen molar-refractivity contribution in [2.24, 2.45) is 0 Å². The molecule has 108 valence electrons. The first-order valence-corrected chi connectivity index (χ1v) is 7.39. The zero-order chi connectivity index (χ0) is 14.1. The van der Waals surface area contributed by atoms with Crippen molar-refractivity contribution in [2.45, 2.75) is 44.9 Å². The summed E-state index contributed by atoms with van der Waals surface area (Å²) in [7, 11) is 0. The Kier molecular flexibility index (Phi) is 3.76. The molecule has 3 atom stereocenters. The summed E-state index contributed by atoms with van der Waals surface area (Å²) in [6, 6.07) is 8.48. The van der Waals surface area contributed by atoms with E-state index in [9.17, 15) is 4.79 Å². The van der Waals surface area contributed by atoms with Gasteiger partial charge in [0.2, 0.25) is 5.91 Å². The molecule has 4 heteroatoms. The summed E-state index contributed by atoms with van der Waals surface area (Å²) in [5.41, 5.74) is 2.39. The summed E-state index contributed by atoms with van der Waals surface area (Å²) in [6.45, 7) is 5.48. The van der Waals surface area contributed by atoms with E-state index >= 15 is 0 Å². The molecule has 1 aromatic carbocycles. The van der Waals surface area contributed by atoms with Crippen LogP contribution in [0.2, 0.25) is 0 Å². The number of carbonyl (C=O) groups is 1. The van der Waals surface area contributed by atoms with E-state index in [0.29, 0.717) is 6.61 Å². The lowest BCUT2D eigenvalue weighted by molar-refractivity contribution is -0.135. The highest BCUT2D eigenvalue weighted by atomic mass is 16.5. The van der Waals surface area contributed by atoms with Crippen molar-refractivity contribution in [2.75, 3.05) is 13.2 Å². The Morgan fingerprint density at radius 2 is 2.05 bits per heavy atom. The van der Waals surface area contributed by atoms with Gasteiger partial charge in [0.25, 0.3) is 0 Å². The Morgan fingerprint density at radius 3 is 2.70 bits per heavy atom. The minimum Gasteiger partial charge on any atom is -0.379 e. The molecule has 1 aromatic rings. The summed E-state index contributed by atoms with van der Waals surface area (Å²) in [4.78, 5) is 14.5. The van der Waals surface area contributed by atoms with Gasteiger partial charge in [-0.1, -0.05) is 29.8 Å². The second-order valence-corrected chi connectivity index (χ2v) is 5.82. The zero-order valence-electron chi connectivity index (χ0n) is 12.1. The van der Waals surface area contributed by atoms with Crippen LogP contribution in [0.5, 0.6) is 0 Å². The van der Waals surface area contributed by atoms with Gasteiger partial charge in [0, 0.05) is 6.61 Å². The van der Waals surface area contributed by atoms with Crippen LogP contribution in [0.1, 0.15) is 37.1 Å². The fraction of sp³-hybridized carbons (Fsp3) is 0.562. The van der Waals surface area contributed by atoms with E-state index in [-0.39, 0.29) is 24.2 Å². The number of nitrogens with zero attached hydrogens (tertiary/aromatic N) is 1. The molecule has 3 rings (SSSR count). The summed E-state index contributed by atoms with van der Waals surface area (Å²) in [5.74, 6) is 0.186. The van der Waals surface area contributed by atoms with Crippen LogP contribution in [-0.2, 0) is 9.53 Å². The van der Waals surface area contributed by atoms with Gasteiger partial charge in [-0.3, -0.25) is 10.1 Å². The molecular formula is C16H22N2O2. The maximum absolute atomic E-state index is 12.5. The van der Waals surface area contributed by atoms with E-state index in [1.807, 2.05) is 11.8 Å². The molecule has 2 heterocycles. The van der Waals surface area contributed by atoms with Gasteiger partial charge in [-0.25, -0.2) is 0 Å². The lowest BCUT2D eigenvalue weighted by atomic mass is 10.1. The number of amides is 1. The Bertz CT molecular complexity index is 480. The van der Waals surface area contributed by atoms with E-state index in [4.69, 9.17) is 4.74 Å². The fourth-order valence-corrected chi connectivity index (χ4v) is 3.08. The number of benzene rings is 1. The number of rotatable bonds is 2. The summed E-state index contributed by atoms with van der Waals surface area (Å²) < 4.78 is 5.56. The van der Waals surface area contributed by atoms with Gasteiger partial charge >= 0.3 is 0 Å². The molecule has 1 N–H and O–H groups in total. The van der Waals surface area contributed by atoms with Crippen LogP contribution in [0.3, 0.4) is 0 Å². The molecule has 4 nitrogen and oxygen atoms in total. The van der Waals surface area contributed by atoms with Crippen LogP contribution >= 0.6 is 0 Å². The average molecular weight is 274 g/mol. The standard InChI is InChI=1S/C16H22N2O2/c1-11-5-7-13(8-6-11)15-17-12(2)16(19)18(15)14-4-3-9-20-10-14/h5-8,12,14-15,17H,3-4,9-10H2,1-2H3. The monoisotopic (exact) mass is 274 g/mol. The molecule has 0 aliphatic carbocycles. The molecule has 20 heavy (non-hydrogen) atoms. The van der Waals surface area contributed by atoms with E-state index in [2.05, 4.69) is 36.5 Å². The highest BCUT2D eigenvalue weighted by Crippen LogP contribution is 2.30. The quantitative estimate of drug-likeness (QED) is 0.897. The van der Waals surface area contributed by atoms with Gasteiger partial charge in [0.15, 0.2) is 0 Å². The molecule has 2 saturated heterocycles. The van der Waals surface area contributed by atoms with Gasteiger partial charge in [0.1, 0.15) is 6.17 Å². The lowest BCUT2D eigenvalue weighted by Gasteiger charge is -2.35. The molecule has 2 fully saturated rings. The van der Waals surface area contributed by atoms with Crippen molar-refractivity contribution in [1.29, 1.82) is 0 Å². The topological polar surface area (TPSA) is 41.6 Å². The molecule has 0 saturated carbocycles. The fourth-order valence-electron chi connectivity index (χ4n) is 3.08. The van der Waals surface area contributed by atoms with Crippen molar-refractivity contribution in [1.82, 2.24) is 10.2 Å². The van der Waals surface area contributed by atoms with Gasteiger partial charge in [-0.15, -0.1) is 0 Å². The second-order valence-electron chi connectivity index (χ2n) is 5.82. The number of carbonyl (C=O) groups excluding carboxylic acids is 1. The van der Waals surface area contributed by atoms with Crippen molar-refractivity contribution in [3.05, 3.63) is 35.4 Å². The number of nitrogens with one attached hydrogen (secondary N) is 1. The first-order valence-electron chi connectivity index (χ1n) is 7.39. The first kappa shape index (κ1) is 13.6. The third-order valence-electron chi connectivity index (χ3n) is 4.23. The average Bonchev–Trinajstić information content (AvgIpc) is 2.77. The molecule has 3 unspecified atom stereocenters. The minimum atomic E-state index is -0.122. The number of hydrogen-bond donors (Lipinski definition) is 1. The van der Waals surface area contributed by atoms with E-state index in [0.717, 1.165) is 25.0 Å². The normalized spacial score (nSPS) is 30.8. The third kappa shape index (κ3) is 2.45. The largest absolute Gasteiger partial charge is 0.379 e. The van der Waals surface area contributed by atoms with Gasteiger partial charge < -0.3 is 9.64 Å². The van der Waals surface area contributed by atoms with Crippen molar-refractivity contribution < 1.29 is 9.53 Å². The lowest BCUT2D eigenvalue weighted by Crippen LogP contribution is -2.44. The van der Waals surface area contributed by atoms with E-state index in [1.54, 1.807) is 0 Å². The van der Waals surface area contributed by atoms with Crippen molar-refractivity contribution in [3.8, 4) is 0 Å². The summed E-state index contributed by atoms with van der Waals surface area (Å²) in [5, 5.41) is 3.41. The van der Waals surface area contributed by atoms with Gasteiger partial charge in [0.05, 0.1) is 18.7 Å². The van der Waals surface area contributed by atoms with Crippen molar-refractivity contribution >= 4 is 5.91 Å². The van der Waals surface area contributed by atoms with E-state index < -0.39 is 0 Å². The van der Waals surface area contributed by atoms with Crippen LogP contribution in [0, 0.1) is 6.92 Å². The van der Waals surface area contributed by atoms with Gasteiger partial charge in [-0.2, -0.15) is 0 Å². The highest BCUT2D eigenvalue weighted by Gasteiger charge is 2.41. The van der Waals surface area contributed by atoms with Crippen LogP contribution in [0.15, 0.2) is 24.3 Å². The predicted molar refractivity (Wildman–Crippen MR) is 77.2 cm³/mol. The molecule has 0 radical (unpaired) electrons. The molecule has 0 spiro atoms. The molecule has 2 aliphatic rings. The van der Waals surface area contributed by atoms with Crippen LogP contribution in [-0.4, -0.2) is 36.1 Å². The van der Waals surface area contributed by atoms with E-state index in [1.165, 1.54) is 5.56 Å². The molecule has 2 aliphatic heterocycles. The Hall–Kier alpha value is -1.39. The van der Waals surface area contributed by atoms with Crippen LogP contribution in [0.25, 0.3) is 0 Å². The van der Waals surface area contributed by atoms with Crippen molar-refractivity contribution in [3.63, 3.8) is 0 Å². The third-order valence-corrected chi connectivity index (χ3v) is 4.23. The molecular weight excluding hydrogens is 252 g/mol. The number of ether oxygens (including phenoxy) is 1. The Balaban J connectivity index is 1.87. The van der Waals surface area contributed by atoms with Gasteiger partial charge in [-0.05, 0) is 32.3 Å². The smallest absolute Gasteiger partial charge is 0.241 e. The number of aryl methyl sites for hydroxylation is 1. The predicted octanol–water partition coefficient (Wildman–Crippen LogP) is 1.99. The zero-order valence-corrected chi connectivity index (χ0v) is 12.1. The van der Waals surface area contributed by atoms with Crippen LogP contribution in [0.4, 0.5) is 0 Å². The second kappa shape index (κ2) is 5.54. The number of hydrogen-bond acceptors (Lipinski definition) is 3. The Morgan fingerprint density at radius 1 is 1.30 bits per heavy atom. The molecule has 1 amide bonds. The van der Waals surface area contributed by atoms with Crippen LogP contribution < -0.4 is 5.32 Å². The molecule has 0 aromatic heterocycles. The summed E-state index contributed by atoms with van der Waals surface area (Å²) in [6.07, 6.45) is 2.04. The summed E-state index contributed by atoms with van der Waals surface area (Å²) >= 11 is 0. The Labute approximate surface area is 120 Å². The SMILES string of the molecule is Cc1ccc(C2NC(C)C(=O)N2C2CCCOC2)cc1. The molecule has 0 bridgehead atoms. The minimum absolute atomic E-state index is 0.0233. The first-order chi connectivity index (χ1) is 9.66. The maximum Gasteiger partial charge on any atom is 0.241 e. The highest BCUT2D eigenvalue weighted by molar-refractivity contribution is 5.84.